The van der Waals surface area contributed by atoms with E-state index in [1.165, 1.54) is 0 Å². The number of nitrogens with zero attached hydrogens (tertiary/aromatic N) is 1. The highest BCUT2D eigenvalue weighted by Gasteiger charge is 2.30. The number of nitrogens with one attached hydrogen (secondary N) is 1. The highest BCUT2D eigenvalue weighted by atomic mass is 79.9. The van der Waals surface area contributed by atoms with Gasteiger partial charge in [-0.25, -0.2) is 0 Å². The molecule has 0 bridgehead atoms. The Labute approximate surface area is 204 Å². The van der Waals surface area contributed by atoms with E-state index in [0.29, 0.717) is 18.7 Å². The highest BCUT2D eigenvalue weighted by Crippen LogP contribution is 2.21. The third-order valence-electron chi connectivity index (χ3n) is 4.78. The molecule has 174 valence electrons. The molecule has 32 heavy (non-hydrogen) atoms. The molecule has 0 aliphatic rings. The highest BCUT2D eigenvalue weighted by molar-refractivity contribution is 9.10. The molecule has 1 N–H and O–H groups in total. The lowest BCUT2D eigenvalue weighted by atomic mass is 10.1. The number of carbonyl (C=O) groups is 2. The number of benzene rings is 2. The number of hydrogen-bond acceptors (Lipinski definition) is 4. The Hall–Kier alpha value is -1.99. The number of methoxy groups -OCH3 is 1. The SMILES string of the molecule is CC[C@H](C(=O)NC(C)(C)C)N(Cc1cccc(OC)c1)C(=O)CSCc1ccc(Br)cc1. The van der Waals surface area contributed by atoms with Crippen molar-refractivity contribution in [3.63, 3.8) is 0 Å². The zero-order valence-electron chi connectivity index (χ0n) is 19.5. The molecule has 7 heteroatoms. The number of thioether (sulfide) groups is 1. The third-order valence-corrected chi connectivity index (χ3v) is 6.30. The second-order valence-corrected chi connectivity index (χ2v) is 10.6. The van der Waals surface area contributed by atoms with Gasteiger partial charge in [0.2, 0.25) is 11.8 Å². The number of hydrogen-bond donors (Lipinski definition) is 1. The van der Waals surface area contributed by atoms with Crippen LogP contribution in [0.1, 0.15) is 45.2 Å². The van der Waals surface area contributed by atoms with Gasteiger partial charge >= 0.3 is 0 Å². The van der Waals surface area contributed by atoms with Crippen molar-refractivity contribution in [1.82, 2.24) is 10.2 Å². The Morgan fingerprint density at radius 2 is 1.81 bits per heavy atom. The first kappa shape index (κ1) is 26.3. The number of amides is 2. The van der Waals surface area contributed by atoms with E-state index in [1.807, 2.05) is 76.2 Å². The van der Waals surface area contributed by atoms with E-state index in [2.05, 4.69) is 21.2 Å². The molecule has 1 atom stereocenters. The Balaban J connectivity index is 2.17. The molecule has 5 nitrogen and oxygen atoms in total. The summed E-state index contributed by atoms with van der Waals surface area (Å²) in [6.07, 6.45) is 0.537. The van der Waals surface area contributed by atoms with Crippen molar-refractivity contribution in [1.29, 1.82) is 0 Å². The van der Waals surface area contributed by atoms with Crippen LogP contribution >= 0.6 is 27.7 Å². The summed E-state index contributed by atoms with van der Waals surface area (Å²) in [7, 11) is 1.62. The molecule has 2 rings (SSSR count). The van der Waals surface area contributed by atoms with Gasteiger partial charge in [-0.1, -0.05) is 47.1 Å². The standard InChI is InChI=1S/C25H33BrN2O3S/c1-6-22(24(30)27-25(2,3)4)28(15-19-8-7-9-21(14-19)31-5)23(29)17-32-16-18-10-12-20(26)13-11-18/h7-14,22H,6,15-17H2,1-5H3,(H,27,30)/t22-/m1/s1. The van der Waals surface area contributed by atoms with Crippen molar-refractivity contribution in [3.8, 4) is 5.75 Å². The third kappa shape index (κ3) is 8.51. The summed E-state index contributed by atoms with van der Waals surface area (Å²) >= 11 is 5.00. The van der Waals surface area contributed by atoms with E-state index in [-0.39, 0.29) is 17.4 Å². The van der Waals surface area contributed by atoms with Crippen molar-refractivity contribution in [2.24, 2.45) is 0 Å². The molecule has 0 radical (unpaired) electrons. The van der Waals surface area contributed by atoms with Crippen LogP contribution in [-0.4, -0.2) is 41.2 Å². The summed E-state index contributed by atoms with van der Waals surface area (Å²) < 4.78 is 6.36. The van der Waals surface area contributed by atoms with E-state index in [9.17, 15) is 9.59 Å². The first-order chi connectivity index (χ1) is 15.1. The minimum atomic E-state index is -0.541. The Morgan fingerprint density at radius 3 is 2.41 bits per heavy atom. The Bertz CT molecular complexity index is 897. The van der Waals surface area contributed by atoms with Crippen molar-refractivity contribution in [2.75, 3.05) is 12.9 Å². The van der Waals surface area contributed by atoms with Crippen LogP contribution in [0, 0.1) is 0 Å². The van der Waals surface area contributed by atoms with Gasteiger partial charge in [0.25, 0.3) is 0 Å². The van der Waals surface area contributed by atoms with Crippen molar-refractivity contribution in [3.05, 3.63) is 64.1 Å². The van der Waals surface area contributed by atoms with E-state index in [0.717, 1.165) is 27.1 Å². The lowest BCUT2D eigenvalue weighted by Crippen LogP contribution is -2.53. The van der Waals surface area contributed by atoms with Gasteiger partial charge < -0.3 is 15.0 Å². The molecule has 2 aromatic rings. The molecule has 0 aliphatic carbocycles. The molecule has 0 aliphatic heterocycles. The second-order valence-electron chi connectivity index (χ2n) is 8.66. The Kier molecular flexibility index (Phi) is 10.1. The fourth-order valence-electron chi connectivity index (χ4n) is 3.26. The average molecular weight is 522 g/mol. The van der Waals surface area contributed by atoms with E-state index in [4.69, 9.17) is 4.74 Å². The van der Waals surface area contributed by atoms with E-state index < -0.39 is 6.04 Å². The maximum atomic E-state index is 13.3. The summed E-state index contributed by atoms with van der Waals surface area (Å²) in [4.78, 5) is 28.0. The summed E-state index contributed by atoms with van der Waals surface area (Å²) in [6, 6.07) is 15.2. The molecule has 2 aromatic carbocycles. The molecule has 0 fully saturated rings. The quantitative estimate of drug-likeness (QED) is 0.454. The largest absolute Gasteiger partial charge is 0.497 e. The molecule has 0 spiro atoms. The maximum Gasteiger partial charge on any atom is 0.243 e. The van der Waals surface area contributed by atoms with Gasteiger partial charge in [0.05, 0.1) is 12.9 Å². The monoisotopic (exact) mass is 520 g/mol. The molecule has 2 amide bonds. The average Bonchev–Trinajstić information content (AvgIpc) is 2.73. The zero-order chi connectivity index (χ0) is 23.7. The van der Waals surface area contributed by atoms with Crippen LogP contribution in [0.3, 0.4) is 0 Å². The minimum Gasteiger partial charge on any atom is -0.497 e. The summed E-state index contributed by atoms with van der Waals surface area (Å²) in [5.74, 6) is 1.59. The molecular weight excluding hydrogens is 488 g/mol. The van der Waals surface area contributed by atoms with Gasteiger partial charge in [-0.2, -0.15) is 0 Å². The van der Waals surface area contributed by atoms with Gasteiger partial charge in [0, 0.05) is 22.3 Å². The number of rotatable bonds is 10. The van der Waals surface area contributed by atoms with Gasteiger partial charge in [0.1, 0.15) is 11.8 Å². The van der Waals surface area contributed by atoms with Crippen LogP contribution in [0.4, 0.5) is 0 Å². The van der Waals surface area contributed by atoms with Crippen LogP contribution in [-0.2, 0) is 21.9 Å². The number of ether oxygens (including phenoxy) is 1. The van der Waals surface area contributed by atoms with Gasteiger partial charge in [-0.3, -0.25) is 9.59 Å². The minimum absolute atomic E-state index is 0.0501. The maximum absolute atomic E-state index is 13.3. The zero-order valence-corrected chi connectivity index (χ0v) is 21.9. The van der Waals surface area contributed by atoms with Gasteiger partial charge in [0.15, 0.2) is 0 Å². The predicted molar refractivity (Wildman–Crippen MR) is 136 cm³/mol. The summed E-state index contributed by atoms with van der Waals surface area (Å²) in [6.45, 7) is 8.12. The van der Waals surface area contributed by atoms with E-state index >= 15 is 0 Å². The molecule has 0 saturated carbocycles. The van der Waals surface area contributed by atoms with Crippen LogP contribution in [0.15, 0.2) is 53.0 Å². The fourth-order valence-corrected chi connectivity index (χ4v) is 4.39. The molecule has 0 unspecified atom stereocenters. The predicted octanol–water partition coefficient (Wildman–Crippen LogP) is 5.41. The fraction of sp³-hybridized carbons (Fsp3) is 0.440. The normalized spacial score (nSPS) is 12.2. The van der Waals surface area contributed by atoms with E-state index in [1.54, 1.807) is 23.8 Å². The topological polar surface area (TPSA) is 58.6 Å². The Morgan fingerprint density at radius 1 is 1.12 bits per heavy atom. The number of halogens is 1. The van der Waals surface area contributed by atoms with Gasteiger partial charge in [-0.15, -0.1) is 11.8 Å². The molecule has 0 saturated heterocycles. The van der Waals surface area contributed by atoms with Crippen LogP contribution in [0.5, 0.6) is 5.75 Å². The first-order valence-corrected chi connectivity index (χ1v) is 12.6. The van der Waals surface area contributed by atoms with Gasteiger partial charge in [-0.05, 0) is 62.6 Å². The molecule has 0 heterocycles. The van der Waals surface area contributed by atoms with Crippen molar-refractivity contribution < 1.29 is 14.3 Å². The summed E-state index contributed by atoms with van der Waals surface area (Å²) in [5, 5.41) is 3.03. The lowest BCUT2D eigenvalue weighted by Gasteiger charge is -2.33. The second kappa shape index (κ2) is 12.3. The van der Waals surface area contributed by atoms with Crippen LogP contribution in [0.2, 0.25) is 0 Å². The summed E-state index contributed by atoms with van der Waals surface area (Å²) in [5.41, 5.74) is 1.71. The number of carbonyl (C=O) groups excluding carboxylic acids is 2. The van der Waals surface area contributed by atoms with Crippen molar-refractivity contribution >= 4 is 39.5 Å². The van der Waals surface area contributed by atoms with Crippen molar-refractivity contribution in [2.45, 2.75) is 58.0 Å². The molecular formula is C25H33BrN2O3S. The smallest absolute Gasteiger partial charge is 0.243 e. The first-order valence-electron chi connectivity index (χ1n) is 10.7. The van der Waals surface area contributed by atoms with Crippen LogP contribution < -0.4 is 10.1 Å². The molecule has 0 aromatic heterocycles. The lowest BCUT2D eigenvalue weighted by molar-refractivity contribution is -0.140. The van der Waals surface area contributed by atoms with Crippen LogP contribution in [0.25, 0.3) is 0 Å².